The number of carbonyl (C=O) groups is 2. The summed E-state index contributed by atoms with van der Waals surface area (Å²) in [6.45, 7) is 9.21. The van der Waals surface area contributed by atoms with Crippen molar-refractivity contribution in [2.75, 3.05) is 0 Å². The molecule has 0 unspecified atom stereocenters. The average Bonchev–Trinajstić information content (AvgIpc) is 2.79. The van der Waals surface area contributed by atoms with E-state index in [0.717, 1.165) is 6.42 Å². The predicted octanol–water partition coefficient (Wildman–Crippen LogP) is 7.72. The predicted molar refractivity (Wildman–Crippen MR) is 120 cm³/mol. The van der Waals surface area contributed by atoms with Crippen LogP contribution in [0.5, 0.6) is 0 Å². The molecule has 0 N–H and O–H groups in total. The molecule has 0 amide bonds. The van der Waals surface area contributed by atoms with Gasteiger partial charge < -0.3 is 0 Å². The summed E-state index contributed by atoms with van der Waals surface area (Å²) in [5, 5.41) is 0. The van der Waals surface area contributed by atoms with Gasteiger partial charge in [-0.2, -0.15) is 0 Å². The summed E-state index contributed by atoms with van der Waals surface area (Å²) >= 11 is -2.50. The first-order valence-corrected chi connectivity index (χ1v) is 19.8. The van der Waals surface area contributed by atoms with Gasteiger partial charge in [-0.05, 0) is 0 Å². The van der Waals surface area contributed by atoms with Crippen LogP contribution in [0.15, 0.2) is 0 Å². The molecule has 0 saturated heterocycles. The second-order valence-corrected chi connectivity index (χ2v) is 23.4. The number of hydrogen-bond donors (Lipinski definition) is 0. The second-order valence-electron chi connectivity index (χ2n) is 9.20. The first kappa shape index (κ1) is 25.2. The number of hydrogen-bond acceptors (Lipinski definition) is 2. The number of Topliss-reactive ketones (excluding diaryl/α,β-unsaturated/α-hetero) is 2. The Labute approximate surface area is 173 Å². The molecule has 1 rings (SSSR count). The third kappa shape index (κ3) is 8.58. The van der Waals surface area contributed by atoms with Gasteiger partial charge in [-0.25, -0.2) is 0 Å². The summed E-state index contributed by atoms with van der Waals surface area (Å²) in [7, 11) is 0. The molecule has 1 saturated carbocycles. The van der Waals surface area contributed by atoms with Crippen LogP contribution < -0.4 is 0 Å². The summed E-state index contributed by atoms with van der Waals surface area (Å²) < 4.78 is 5.02. The summed E-state index contributed by atoms with van der Waals surface area (Å²) in [5.41, 5.74) is 0. The van der Waals surface area contributed by atoms with Crippen molar-refractivity contribution >= 4 is 29.9 Å². The van der Waals surface area contributed by atoms with Gasteiger partial charge in [-0.3, -0.25) is 0 Å². The molecule has 0 aromatic rings. The van der Waals surface area contributed by atoms with Gasteiger partial charge in [0.2, 0.25) is 0 Å². The Bertz CT molecular complexity index is 410. The van der Waals surface area contributed by atoms with Gasteiger partial charge in [0.1, 0.15) is 0 Å². The van der Waals surface area contributed by atoms with Crippen molar-refractivity contribution in [1.82, 2.24) is 0 Å². The average molecular weight is 485 g/mol. The quantitative estimate of drug-likeness (QED) is 0.109. The minimum absolute atomic E-state index is 0.234. The van der Waals surface area contributed by atoms with E-state index in [1.807, 2.05) is 0 Å². The Kier molecular flexibility index (Phi) is 13.2. The van der Waals surface area contributed by atoms with E-state index in [4.69, 9.17) is 0 Å². The molecule has 2 atom stereocenters. The molecule has 0 radical (unpaired) electrons. The van der Waals surface area contributed by atoms with Crippen molar-refractivity contribution in [1.29, 1.82) is 0 Å². The number of rotatable bonds is 14. The van der Waals surface area contributed by atoms with E-state index in [1.165, 1.54) is 77.5 Å². The third-order valence-corrected chi connectivity index (χ3v) is 24.9. The maximum atomic E-state index is 12.7. The Morgan fingerprint density at radius 3 is 1.67 bits per heavy atom. The van der Waals surface area contributed by atoms with Gasteiger partial charge in [0.15, 0.2) is 0 Å². The molecular weight excluding hydrogens is 439 g/mol. The van der Waals surface area contributed by atoms with Crippen molar-refractivity contribution in [3.63, 3.8) is 0 Å². The zero-order valence-corrected chi connectivity index (χ0v) is 21.6. The van der Waals surface area contributed by atoms with E-state index in [2.05, 4.69) is 27.7 Å². The molecule has 0 heterocycles. The SMILES string of the molecule is CCCCC[C@@H]1CC(=O)CC(=O)C[C@@H]1[Sn]([CH2]CCC)([CH2]CCC)[CH2]CCC. The molecule has 1 aliphatic rings. The number of unbranched alkanes of at least 4 members (excludes halogenated alkanes) is 5. The van der Waals surface area contributed by atoms with Crippen LogP contribution in [0.1, 0.15) is 111 Å². The van der Waals surface area contributed by atoms with Crippen LogP contribution >= 0.6 is 0 Å². The molecule has 0 spiro atoms. The van der Waals surface area contributed by atoms with Crippen molar-refractivity contribution < 1.29 is 9.59 Å². The number of ketones is 2. The molecule has 0 aromatic heterocycles. The summed E-state index contributed by atoms with van der Waals surface area (Å²) in [4.78, 5) is 25.1. The van der Waals surface area contributed by atoms with Crippen molar-refractivity contribution in [3.05, 3.63) is 0 Å². The summed E-state index contributed by atoms with van der Waals surface area (Å²) in [6, 6.07) is 0. The normalized spacial score (nSPS) is 21.5. The summed E-state index contributed by atoms with van der Waals surface area (Å²) in [6.07, 6.45) is 14.5. The van der Waals surface area contributed by atoms with Crippen LogP contribution in [0.2, 0.25) is 17.2 Å². The van der Waals surface area contributed by atoms with E-state index in [0.29, 0.717) is 16.3 Å². The van der Waals surface area contributed by atoms with Crippen LogP contribution in [-0.2, 0) is 9.59 Å². The molecule has 27 heavy (non-hydrogen) atoms. The van der Waals surface area contributed by atoms with E-state index >= 15 is 0 Å². The molecule has 0 aromatic carbocycles. The van der Waals surface area contributed by atoms with Gasteiger partial charge in [0, 0.05) is 0 Å². The number of carbonyl (C=O) groups excluding carboxylic acids is 2. The molecule has 0 aliphatic heterocycles. The molecule has 2 nitrogen and oxygen atoms in total. The molecular formula is C24H46O2Sn. The van der Waals surface area contributed by atoms with E-state index < -0.39 is 18.4 Å². The topological polar surface area (TPSA) is 34.1 Å². The first-order chi connectivity index (χ1) is 13.0. The Morgan fingerprint density at radius 1 is 0.704 bits per heavy atom. The monoisotopic (exact) mass is 486 g/mol. The van der Waals surface area contributed by atoms with Gasteiger partial charge >= 0.3 is 174 Å². The van der Waals surface area contributed by atoms with Crippen LogP contribution in [0.4, 0.5) is 0 Å². The first-order valence-electron chi connectivity index (χ1n) is 12.1. The molecule has 158 valence electrons. The van der Waals surface area contributed by atoms with E-state index in [-0.39, 0.29) is 18.0 Å². The molecule has 1 fully saturated rings. The zero-order valence-electron chi connectivity index (χ0n) is 18.8. The van der Waals surface area contributed by atoms with Gasteiger partial charge in [-0.1, -0.05) is 0 Å². The minimum atomic E-state index is -2.50. The van der Waals surface area contributed by atoms with Crippen molar-refractivity contribution in [2.24, 2.45) is 5.92 Å². The third-order valence-electron chi connectivity index (χ3n) is 6.95. The van der Waals surface area contributed by atoms with Gasteiger partial charge in [-0.15, -0.1) is 0 Å². The second kappa shape index (κ2) is 14.2. The van der Waals surface area contributed by atoms with E-state index in [1.54, 1.807) is 0 Å². The molecule has 1 aliphatic carbocycles. The van der Waals surface area contributed by atoms with Crippen LogP contribution in [0.25, 0.3) is 0 Å². The van der Waals surface area contributed by atoms with Crippen molar-refractivity contribution in [3.8, 4) is 0 Å². The van der Waals surface area contributed by atoms with E-state index in [9.17, 15) is 9.59 Å². The van der Waals surface area contributed by atoms with Gasteiger partial charge in [0.25, 0.3) is 0 Å². The zero-order chi connectivity index (χ0) is 20.1. The Hall–Kier alpha value is 0.139. The van der Waals surface area contributed by atoms with Crippen LogP contribution in [-0.4, -0.2) is 29.9 Å². The maximum absolute atomic E-state index is 12.7. The van der Waals surface area contributed by atoms with Crippen LogP contribution in [0.3, 0.4) is 0 Å². The van der Waals surface area contributed by atoms with Crippen LogP contribution in [0, 0.1) is 5.92 Å². The fourth-order valence-corrected chi connectivity index (χ4v) is 25.3. The standard InChI is InChI=1S/C12H19O2.3C4H9.Sn/c1-2-3-4-5-10-6-7-11(13)9-12(14)8-10;3*1-3-4-2;/h6,10H,2-5,7-9H2,1H3;3*1,3-4H2,2H3;/t10-;;;;/m0..../s1. The summed E-state index contributed by atoms with van der Waals surface area (Å²) in [5.74, 6) is 1.04. The molecule has 3 heteroatoms. The fraction of sp³-hybridized carbons (Fsp3) is 0.917. The molecule has 0 bridgehead atoms. The Balaban J connectivity index is 3.19. The Morgan fingerprint density at radius 2 is 1.19 bits per heavy atom. The fourth-order valence-electron chi connectivity index (χ4n) is 5.40. The van der Waals surface area contributed by atoms with Crippen molar-refractivity contribution in [2.45, 2.75) is 128 Å². The van der Waals surface area contributed by atoms with Gasteiger partial charge in [0.05, 0.1) is 0 Å².